The highest BCUT2D eigenvalue weighted by atomic mass is 19.3. The van der Waals surface area contributed by atoms with E-state index in [2.05, 4.69) is 10.3 Å². The van der Waals surface area contributed by atoms with Crippen LogP contribution in [0, 0.1) is 17.5 Å². The molecule has 4 rings (SSSR count). The molecule has 0 bridgehead atoms. The van der Waals surface area contributed by atoms with E-state index in [1.807, 2.05) is 0 Å². The molecule has 0 saturated heterocycles. The Labute approximate surface area is 156 Å². The zero-order chi connectivity index (χ0) is 20.1. The highest BCUT2D eigenvalue weighted by Crippen LogP contribution is 2.41. The summed E-state index contributed by atoms with van der Waals surface area (Å²) < 4.78 is 67.1. The Kier molecular flexibility index (Phi) is 4.36. The summed E-state index contributed by atoms with van der Waals surface area (Å²) in [5.41, 5.74) is 1.47. The van der Waals surface area contributed by atoms with Gasteiger partial charge in [0.25, 0.3) is 5.92 Å². The van der Waals surface area contributed by atoms with E-state index in [1.54, 1.807) is 0 Å². The van der Waals surface area contributed by atoms with Crippen molar-refractivity contribution in [1.82, 2.24) is 10.3 Å². The van der Waals surface area contributed by atoms with Crippen molar-refractivity contribution in [2.24, 2.45) is 0 Å². The van der Waals surface area contributed by atoms with Crippen molar-refractivity contribution >= 4 is 16.8 Å². The zero-order valence-electron chi connectivity index (χ0n) is 14.5. The molecule has 2 N–H and O–H groups in total. The standard InChI is InChI=1S/C20H15F5N2O/c21-11-3-1-10(2-4-11)18-13(5-6-17(28)26-16-9-20(16,24)25)14-7-12(22)8-15(23)19(14)27-18/h1-4,7-8,16,27H,5-6,9H2,(H,26,28). The van der Waals surface area contributed by atoms with E-state index < -0.39 is 35.3 Å². The van der Waals surface area contributed by atoms with E-state index in [-0.39, 0.29) is 30.2 Å². The van der Waals surface area contributed by atoms with Crippen LogP contribution < -0.4 is 5.32 Å². The summed E-state index contributed by atoms with van der Waals surface area (Å²) in [5, 5.41) is 2.50. The van der Waals surface area contributed by atoms with Crippen LogP contribution in [0.1, 0.15) is 18.4 Å². The van der Waals surface area contributed by atoms with Crippen LogP contribution in [0.4, 0.5) is 22.0 Å². The number of fused-ring (bicyclic) bond motifs is 1. The van der Waals surface area contributed by atoms with Crippen molar-refractivity contribution in [1.29, 1.82) is 0 Å². The molecule has 146 valence electrons. The van der Waals surface area contributed by atoms with Gasteiger partial charge in [0, 0.05) is 30.0 Å². The molecule has 0 aliphatic heterocycles. The Morgan fingerprint density at radius 2 is 1.79 bits per heavy atom. The van der Waals surface area contributed by atoms with Crippen molar-refractivity contribution in [2.45, 2.75) is 31.2 Å². The van der Waals surface area contributed by atoms with E-state index in [1.165, 1.54) is 24.3 Å². The van der Waals surface area contributed by atoms with Crippen LogP contribution in [-0.2, 0) is 11.2 Å². The maximum absolute atomic E-state index is 14.2. The minimum absolute atomic E-state index is 0.0601. The number of aryl methyl sites for hydroxylation is 1. The van der Waals surface area contributed by atoms with Gasteiger partial charge >= 0.3 is 0 Å². The predicted octanol–water partition coefficient (Wildman–Crippen LogP) is 4.71. The molecule has 2 aromatic carbocycles. The predicted molar refractivity (Wildman–Crippen MR) is 93.4 cm³/mol. The van der Waals surface area contributed by atoms with Gasteiger partial charge in [0.2, 0.25) is 5.91 Å². The quantitative estimate of drug-likeness (QED) is 0.605. The first kappa shape index (κ1) is 18.5. The fourth-order valence-electron chi connectivity index (χ4n) is 3.27. The third kappa shape index (κ3) is 3.46. The molecule has 1 fully saturated rings. The molecule has 28 heavy (non-hydrogen) atoms. The minimum atomic E-state index is -2.87. The number of alkyl halides is 2. The minimum Gasteiger partial charge on any atom is -0.352 e. The van der Waals surface area contributed by atoms with Gasteiger partial charge in [-0.05, 0) is 47.9 Å². The van der Waals surface area contributed by atoms with E-state index >= 15 is 0 Å². The molecule has 1 saturated carbocycles. The van der Waals surface area contributed by atoms with E-state index in [0.717, 1.165) is 12.1 Å². The number of rotatable bonds is 5. The van der Waals surface area contributed by atoms with Gasteiger partial charge < -0.3 is 10.3 Å². The van der Waals surface area contributed by atoms with Crippen LogP contribution in [-0.4, -0.2) is 22.9 Å². The fourth-order valence-corrected chi connectivity index (χ4v) is 3.27. The molecular formula is C20H15F5N2O. The molecule has 3 nitrogen and oxygen atoms in total. The van der Waals surface area contributed by atoms with E-state index in [9.17, 15) is 26.7 Å². The number of aromatic amines is 1. The number of carbonyl (C=O) groups excluding carboxylic acids is 1. The molecule has 1 amide bonds. The SMILES string of the molecule is O=C(CCc1c(-c2ccc(F)cc2)[nH]c2c(F)cc(F)cc12)NC1CC1(F)F. The second kappa shape index (κ2) is 6.61. The van der Waals surface area contributed by atoms with Crippen LogP contribution in [0.3, 0.4) is 0 Å². The number of aromatic nitrogens is 1. The Morgan fingerprint density at radius 3 is 2.43 bits per heavy atom. The summed E-state index contributed by atoms with van der Waals surface area (Å²) in [5.74, 6) is -5.48. The monoisotopic (exact) mass is 394 g/mol. The van der Waals surface area contributed by atoms with Crippen LogP contribution in [0.5, 0.6) is 0 Å². The lowest BCUT2D eigenvalue weighted by molar-refractivity contribution is -0.121. The lowest BCUT2D eigenvalue weighted by atomic mass is 10.0. The average molecular weight is 394 g/mol. The average Bonchev–Trinajstić information content (AvgIpc) is 3.06. The molecule has 1 heterocycles. The number of nitrogens with one attached hydrogen (secondary N) is 2. The van der Waals surface area contributed by atoms with Crippen molar-refractivity contribution in [3.05, 3.63) is 59.4 Å². The molecule has 1 aromatic heterocycles. The molecule has 1 atom stereocenters. The first-order chi connectivity index (χ1) is 13.2. The van der Waals surface area contributed by atoms with Crippen molar-refractivity contribution < 1.29 is 26.7 Å². The van der Waals surface area contributed by atoms with Gasteiger partial charge in [-0.3, -0.25) is 4.79 Å². The van der Waals surface area contributed by atoms with Crippen molar-refractivity contribution in [3.8, 4) is 11.3 Å². The third-order valence-corrected chi connectivity index (χ3v) is 4.83. The second-order valence-corrected chi connectivity index (χ2v) is 6.88. The summed E-state index contributed by atoms with van der Waals surface area (Å²) >= 11 is 0. The van der Waals surface area contributed by atoms with Gasteiger partial charge in [-0.25, -0.2) is 22.0 Å². The molecule has 1 aliphatic carbocycles. The number of carbonyl (C=O) groups is 1. The normalized spacial score (nSPS) is 17.7. The Balaban J connectivity index is 1.67. The number of amides is 1. The molecule has 3 aromatic rings. The lowest BCUT2D eigenvalue weighted by Crippen LogP contribution is -2.29. The number of hydrogen-bond acceptors (Lipinski definition) is 1. The number of H-pyrrole nitrogens is 1. The smallest absolute Gasteiger partial charge is 0.270 e. The van der Waals surface area contributed by atoms with Gasteiger partial charge in [0.05, 0.1) is 11.6 Å². The largest absolute Gasteiger partial charge is 0.352 e. The van der Waals surface area contributed by atoms with Crippen LogP contribution in [0.25, 0.3) is 22.2 Å². The molecule has 8 heteroatoms. The van der Waals surface area contributed by atoms with Gasteiger partial charge in [-0.1, -0.05) is 0 Å². The third-order valence-electron chi connectivity index (χ3n) is 4.83. The topological polar surface area (TPSA) is 44.9 Å². The highest BCUT2D eigenvalue weighted by molar-refractivity contribution is 5.92. The Hall–Kier alpha value is -2.90. The summed E-state index contributed by atoms with van der Waals surface area (Å²) in [6, 6.07) is 6.12. The summed E-state index contributed by atoms with van der Waals surface area (Å²) in [7, 11) is 0. The summed E-state index contributed by atoms with van der Waals surface area (Å²) in [6.07, 6.45) is -0.450. The Bertz CT molecular complexity index is 1060. The van der Waals surface area contributed by atoms with Crippen LogP contribution >= 0.6 is 0 Å². The first-order valence-electron chi connectivity index (χ1n) is 8.67. The van der Waals surface area contributed by atoms with Crippen molar-refractivity contribution in [2.75, 3.05) is 0 Å². The maximum Gasteiger partial charge on any atom is 0.270 e. The zero-order valence-corrected chi connectivity index (χ0v) is 14.5. The van der Waals surface area contributed by atoms with Gasteiger partial charge in [0.1, 0.15) is 17.5 Å². The van der Waals surface area contributed by atoms with Gasteiger partial charge in [-0.15, -0.1) is 0 Å². The highest BCUT2D eigenvalue weighted by Gasteiger charge is 2.57. The van der Waals surface area contributed by atoms with Crippen molar-refractivity contribution in [3.63, 3.8) is 0 Å². The molecular weight excluding hydrogens is 379 g/mol. The maximum atomic E-state index is 14.2. The van der Waals surface area contributed by atoms with E-state index in [0.29, 0.717) is 16.8 Å². The molecule has 1 aliphatic rings. The lowest BCUT2D eigenvalue weighted by Gasteiger charge is -2.07. The Morgan fingerprint density at radius 1 is 1.11 bits per heavy atom. The van der Waals surface area contributed by atoms with Crippen LogP contribution in [0.2, 0.25) is 0 Å². The van der Waals surface area contributed by atoms with E-state index in [4.69, 9.17) is 0 Å². The van der Waals surface area contributed by atoms with Gasteiger partial charge in [0.15, 0.2) is 0 Å². The molecule has 0 radical (unpaired) electrons. The number of halogens is 5. The summed E-state index contributed by atoms with van der Waals surface area (Å²) in [6.45, 7) is 0. The second-order valence-electron chi connectivity index (χ2n) is 6.88. The number of benzene rings is 2. The molecule has 0 spiro atoms. The summed E-state index contributed by atoms with van der Waals surface area (Å²) in [4.78, 5) is 14.9. The van der Waals surface area contributed by atoms with Gasteiger partial charge in [-0.2, -0.15) is 0 Å². The fraction of sp³-hybridized carbons (Fsp3) is 0.250. The molecule has 1 unspecified atom stereocenters. The number of hydrogen-bond donors (Lipinski definition) is 2. The first-order valence-corrected chi connectivity index (χ1v) is 8.67. The van der Waals surface area contributed by atoms with Crippen LogP contribution in [0.15, 0.2) is 36.4 Å².